The molecule has 21 heavy (non-hydrogen) atoms. The molecule has 106 valence electrons. The summed E-state index contributed by atoms with van der Waals surface area (Å²) in [4.78, 5) is 11.9. The Morgan fingerprint density at radius 2 is 1.90 bits per heavy atom. The molecule has 1 aromatic heterocycles. The molecule has 0 aliphatic rings. The average Bonchev–Trinajstić information content (AvgIpc) is 2.91. The average molecular weight is 300 g/mol. The predicted octanol–water partition coefficient (Wildman–Crippen LogP) is 3.72. The van der Waals surface area contributed by atoms with Crippen LogP contribution in [0.3, 0.4) is 0 Å². The van der Waals surface area contributed by atoms with Crippen LogP contribution in [0.4, 0.5) is 5.69 Å². The van der Waals surface area contributed by atoms with Gasteiger partial charge in [0.25, 0.3) is 0 Å². The number of anilines is 1. The summed E-state index contributed by atoms with van der Waals surface area (Å²) < 4.78 is 1.84. The van der Waals surface area contributed by atoms with Crippen molar-refractivity contribution >= 4 is 34.1 Å². The van der Waals surface area contributed by atoms with Gasteiger partial charge in [0.05, 0.1) is 18.3 Å². The number of hydrogen-bond donors (Lipinski definition) is 1. The number of carbonyl (C=O) groups excluding carboxylic acids is 1. The van der Waals surface area contributed by atoms with Crippen molar-refractivity contribution in [1.82, 2.24) is 9.78 Å². The maximum atomic E-state index is 11.9. The predicted molar refractivity (Wildman–Crippen MR) is 84.4 cm³/mol. The monoisotopic (exact) mass is 299 g/mol. The van der Waals surface area contributed by atoms with E-state index in [1.165, 1.54) is 0 Å². The first kappa shape index (κ1) is 13.6. The number of aryl methyl sites for hydroxylation is 1. The van der Waals surface area contributed by atoms with Crippen LogP contribution in [-0.2, 0) is 11.3 Å². The van der Waals surface area contributed by atoms with Crippen molar-refractivity contribution in [3.63, 3.8) is 0 Å². The van der Waals surface area contributed by atoms with E-state index in [-0.39, 0.29) is 5.91 Å². The summed E-state index contributed by atoms with van der Waals surface area (Å²) in [5, 5.41) is 8.87. The highest BCUT2D eigenvalue weighted by atomic mass is 35.5. The van der Waals surface area contributed by atoms with Crippen LogP contribution in [-0.4, -0.2) is 15.7 Å². The van der Waals surface area contributed by atoms with Gasteiger partial charge in [0.2, 0.25) is 5.91 Å². The molecule has 3 rings (SSSR count). The highest BCUT2D eigenvalue weighted by Gasteiger charge is 2.06. The Kier molecular flexibility index (Phi) is 3.88. The molecule has 2 aromatic carbocycles. The number of para-hydroxylation sites is 1. The molecule has 5 heteroatoms. The summed E-state index contributed by atoms with van der Waals surface area (Å²) in [5.74, 6) is -0.0445. The number of rotatable bonds is 4. The van der Waals surface area contributed by atoms with Crippen LogP contribution in [0, 0.1) is 0 Å². The van der Waals surface area contributed by atoms with Crippen LogP contribution >= 0.6 is 11.6 Å². The first-order chi connectivity index (χ1) is 10.2. The molecule has 0 fully saturated rings. The van der Waals surface area contributed by atoms with E-state index in [0.717, 1.165) is 16.6 Å². The summed E-state index contributed by atoms with van der Waals surface area (Å²) in [6.45, 7) is 0.549. The minimum Gasteiger partial charge on any atom is -0.326 e. The van der Waals surface area contributed by atoms with Crippen molar-refractivity contribution < 1.29 is 4.79 Å². The third-order valence-corrected chi connectivity index (χ3v) is 3.48. The molecule has 0 aliphatic carbocycles. The van der Waals surface area contributed by atoms with Gasteiger partial charge < -0.3 is 5.32 Å². The van der Waals surface area contributed by atoms with Gasteiger partial charge in [-0.05, 0) is 30.3 Å². The van der Waals surface area contributed by atoms with Gasteiger partial charge in [-0.3, -0.25) is 9.48 Å². The highest BCUT2D eigenvalue weighted by Crippen LogP contribution is 2.15. The smallest absolute Gasteiger partial charge is 0.226 e. The van der Waals surface area contributed by atoms with E-state index in [0.29, 0.717) is 18.0 Å². The highest BCUT2D eigenvalue weighted by molar-refractivity contribution is 6.30. The third kappa shape index (κ3) is 3.23. The van der Waals surface area contributed by atoms with Crippen molar-refractivity contribution in [1.29, 1.82) is 0 Å². The molecule has 1 N–H and O–H groups in total. The molecule has 0 radical (unpaired) electrons. The molecule has 0 bridgehead atoms. The van der Waals surface area contributed by atoms with Gasteiger partial charge in [0.15, 0.2) is 0 Å². The first-order valence-electron chi connectivity index (χ1n) is 6.68. The van der Waals surface area contributed by atoms with Crippen LogP contribution in [0.1, 0.15) is 6.42 Å². The van der Waals surface area contributed by atoms with E-state index in [1.807, 2.05) is 35.1 Å². The minimum atomic E-state index is -0.0445. The normalized spacial score (nSPS) is 10.7. The van der Waals surface area contributed by atoms with Gasteiger partial charge in [-0.1, -0.05) is 29.8 Å². The molecule has 1 heterocycles. The fourth-order valence-corrected chi connectivity index (χ4v) is 2.29. The number of nitrogens with zero attached hydrogens (tertiary/aromatic N) is 2. The summed E-state index contributed by atoms with van der Waals surface area (Å²) in [5.41, 5.74) is 1.78. The second-order valence-electron chi connectivity index (χ2n) is 4.73. The fraction of sp³-hybridized carbons (Fsp3) is 0.125. The van der Waals surface area contributed by atoms with Gasteiger partial charge in [-0.2, -0.15) is 5.10 Å². The van der Waals surface area contributed by atoms with E-state index >= 15 is 0 Å². The van der Waals surface area contributed by atoms with Gasteiger partial charge in [0.1, 0.15) is 0 Å². The van der Waals surface area contributed by atoms with Crippen LogP contribution in [0.25, 0.3) is 10.9 Å². The lowest BCUT2D eigenvalue weighted by Gasteiger charge is -2.06. The van der Waals surface area contributed by atoms with E-state index < -0.39 is 0 Å². The van der Waals surface area contributed by atoms with Crippen molar-refractivity contribution in [2.75, 3.05) is 5.32 Å². The zero-order chi connectivity index (χ0) is 14.7. The molecular formula is C16H14ClN3O. The largest absolute Gasteiger partial charge is 0.326 e. The fourth-order valence-electron chi connectivity index (χ4n) is 2.17. The van der Waals surface area contributed by atoms with Crippen LogP contribution < -0.4 is 5.32 Å². The Labute approximate surface area is 127 Å². The number of fused-ring (bicyclic) bond motifs is 1. The molecular weight excluding hydrogens is 286 g/mol. The molecule has 3 aromatic rings. The maximum absolute atomic E-state index is 11.9. The number of hydrogen-bond acceptors (Lipinski definition) is 2. The molecule has 0 aliphatic heterocycles. The Balaban J connectivity index is 1.62. The van der Waals surface area contributed by atoms with Gasteiger partial charge >= 0.3 is 0 Å². The van der Waals surface area contributed by atoms with Gasteiger partial charge in [-0.25, -0.2) is 0 Å². The lowest BCUT2D eigenvalue weighted by molar-refractivity contribution is -0.116. The quantitative estimate of drug-likeness (QED) is 0.798. The van der Waals surface area contributed by atoms with Crippen molar-refractivity contribution in [2.24, 2.45) is 0 Å². The third-order valence-electron chi connectivity index (χ3n) is 3.23. The van der Waals surface area contributed by atoms with Crippen molar-refractivity contribution in [2.45, 2.75) is 13.0 Å². The van der Waals surface area contributed by atoms with Crippen LogP contribution in [0.5, 0.6) is 0 Å². The molecule has 1 amide bonds. The number of aromatic nitrogens is 2. The van der Waals surface area contributed by atoms with Gasteiger partial charge in [-0.15, -0.1) is 0 Å². The van der Waals surface area contributed by atoms with E-state index in [4.69, 9.17) is 11.6 Å². The SMILES string of the molecule is O=C(CCn1ncc2ccccc21)Nc1ccc(Cl)cc1. The molecule has 0 saturated heterocycles. The molecule has 0 unspecified atom stereocenters. The summed E-state index contributed by atoms with van der Waals surface area (Å²) in [7, 11) is 0. The second-order valence-corrected chi connectivity index (χ2v) is 5.17. The summed E-state index contributed by atoms with van der Waals surface area (Å²) in [6.07, 6.45) is 2.18. The Hall–Kier alpha value is -2.33. The van der Waals surface area contributed by atoms with E-state index in [1.54, 1.807) is 24.3 Å². The van der Waals surface area contributed by atoms with Crippen LogP contribution in [0.15, 0.2) is 54.7 Å². The van der Waals surface area contributed by atoms with Gasteiger partial charge in [0, 0.05) is 22.5 Å². The van der Waals surface area contributed by atoms with Crippen molar-refractivity contribution in [3.8, 4) is 0 Å². The minimum absolute atomic E-state index is 0.0445. The molecule has 0 spiro atoms. The summed E-state index contributed by atoms with van der Waals surface area (Å²) in [6, 6.07) is 15.0. The number of amides is 1. The topological polar surface area (TPSA) is 46.9 Å². The maximum Gasteiger partial charge on any atom is 0.226 e. The number of nitrogens with one attached hydrogen (secondary N) is 1. The Morgan fingerprint density at radius 1 is 1.14 bits per heavy atom. The van der Waals surface area contributed by atoms with E-state index in [9.17, 15) is 4.79 Å². The Bertz CT molecular complexity index is 765. The standard InChI is InChI=1S/C16H14ClN3O/c17-13-5-7-14(8-6-13)19-16(21)9-10-20-15-4-2-1-3-12(15)11-18-20/h1-8,11H,9-10H2,(H,19,21). The lowest BCUT2D eigenvalue weighted by atomic mass is 10.2. The summed E-state index contributed by atoms with van der Waals surface area (Å²) >= 11 is 5.81. The zero-order valence-electron chi connectivity index (χ0n) is 11.3. The number of carbonyl (C=O) groups is 1. The molecule has 0 saturated carbocycles. The molecule has 0 atom stereocenters. The number of halogens is 1. The second kappa shape index (κ2) is 5.97. The van der Waals surface area contributed by atoms with E-state index in [2.05, 4.69) is 10.4 Å². The zero-order valence-corrected chi connectivity index (χ0v) is 12.0. The number of benzene rings is 2. The first-order valence-corrected chi connectivity index (χ1v) is 7.06. The lowest BCUT2D eigenvalue weighted by Crippen LogP contribution is -2.14. The Morgan fingerprint density at radius 3 is 2.71 bits per heavy atom. The molecule has 4 nitrogen and oxygen atoms in total. The van der Waals surface area contributed by atoms with Crippen LogP contribution in [0.2, 0.25) is 5.02 Å². The van der Waals surface area contributed by atoms with Crippen molar-refractivity contribution in [3.05, 3.63) is 59.8 Å².